The average Bonchev–Trinajstić information content (AvgIpc) is 2.45. The molecule has 0 aliphatic carbocycles. The number of unbranched alkanes of at least 4 members (excludes halogenated alkanes) is 2. The fourth-order valence-corrected chi connectivity index (χ4v) is 1.96. The van der Waals surface area contributed by atoms with Crippen LogP contribution in [0.1, 0.15) is 45.4 Å². The molecule has 120 valence electrons. The van der Waals surface area contributed by atoms with Gasteiger partial charge in [0.15, 0.2) is 0 Å². The Morgan fingerprint density at radius 3 is 2.23 bits per heavy atom. The van der Waals surface area contributed by atoms with Crippen molar-refractivity contribution in [2.24, 2.45) is 0 Å². The zero-order valence-corrected chi connectivity index (χ0v) is 14.9. The summed E-state index contributed by atoms with van der Waals surface area (Å²) in [5.74, 6) is 11.6. The van der Waals surface area contributed by atoms with Crippen LogP contribution in [0.15, 0.2) is 22.2 Å². The fourth-order valence-electron chi connectivity index (χ4n) is 1.79. The maximum absolute atomic E-state index is 11.2. The van der Waals surface area contributed by atoms with Crippen molar-refractivity contribution in [3.8, 4) is 23.7 Å². The van der Waals surface area contributed by atoms with Gasteiger partial charge in [-0.2, -0.15) is 0 Å². The highest BCUT2D eigenvalue weighted by Gasteiger charge is 2.08. The molecule has 5 heteroatoms. The summed E-state index contributed by atoms with van der Waals surface area (Å²) in [5.41, 5.74) is 1.39. The molecule has 1 atom stereocenters. The number of hydrogen-bond acceptors (Lipinski definition) is 1. The van der Waals surface area contributed by atoms with Gasteiger partial charge in [-0.05, 0) is 31.8 Å². The number of halogens is 3. The summed E-state index contributed by atoms with van der Waals surface area (Å²) in [6.45, 7) is 1.53. The van der Waals surface area contributed by atoms with E-state index in [0.717, 1.165) is 38.5 Å². The maximum Gasteiger partial charge on any atom is 0.217 e. The molecule has 0 aliphatic rings. The van der Waals surface area contributed by atoms with Gasteiger partial charge in [-0.25, -0.2) is 0 Å². The molecule has 1 unspecified atom stereocenters. The normalized spacial score (nSPS) is 10.9. The molecule has 1 amide bonds. The molecule has 0 saturated heterocycles. The van der Waals surface area contributed by atoms with Crippen LogP contribution in [0.3, 0.4) is 0 Å². The van der Waals surface area contributed by atoms with Crippen LogP contribution >= 0.6 is 34.8 Å². The molecule has 1 N–H and O–H groups in total. The third-order valence-corrected chi connectivity index (χ3v) is 2.99. The van der Waals surface area contributed by atoms with E-state index in [1.165, 1.54) is 18.5 Å². The summed E-state index contributed by atoms with van der Waals surface area (Å²) in [5, 5.41) is 2.97. The van der Waals surface area contributed by atoms with Crippen molar-refractivity contribution in [3.63, 3.8) is 0 Å². The van der Waals surface area contributed by atoms with Gasteiger partial charge in [0, 0.05) is 37.4 Å². The van der Waals surface area contributed by atoms with Crippen LogP contribution in [0, 0.1) is 23.7 Å². The van der Waals surface area contributed by atoms with E-state index in [2.05, 4.69) is 29.0 Å². The van der Waals surface area contributed by atoms with Gasteiger partial charge in [-0.3, -0.25) is 4.79 Å². The van der Waals surface area contributed by atoms with Crippen molar-refractivity contribution in [1.82, 2.24) is 5.32 Å². The van der Waals surface area contributed by atoms with Crippen molar-refractivity contribution in [3.05, 3.63) is 22.2 Å². The molecule has 0 aliphatic heterocycles. The molecule has 0 saturated carbocycles. The predicted molar refractivity (Wildman–Crippen MR) is 95.6 cm³/mol. The summed E-state index contributed by atoms with van der Waals surface area (Å²) in [6, 6.07) is 0.164. The van der Waals surface area contributed by atoms with Crippen molar-refractivity contribution in [2.75, 3.05) is 0 Å². The van der Waals surface area contributed by atoms with Crippen LogP contribution < -0.4 is 5.32 Å². The lowest BCUT2D eigenvalue weighted by molar-refractivity contribution is -0.119. The van der Waals surface area contributed by atoms with Gasteiger partial charge in [0.2, 0.25) is 5.91 Å². The fraction of sp³-hybridized carbons (Fsp3) is 0.471. The lowest BCUT2D eigenvalue weighted by Crippen LogP contribution is -2.32. The number of carbonyl (C=O) groups excluding carboxylic acids is 1. The molecule has 0 aromatic heterocycles. The molecule has 0 rings (SSSR count). The van der Waals surface area contributed by atoms with Crippen LogP contribution in [0.5, 0.6) is 0 Å². The van der Waals surface area contributed by atoms with Crippen molar-refractivity contribution in [1.29, 1.82) is 0 Å². The predicted octanol–water partition coefficient (Wildman–Crippen LogP) is 4.91. The Hall–Kier alpha value is -1.06. The average molecular weight is 361 g/mol. The number of nitrogens with one attached hydrogen (secondary N) is 1. The number of rotatable bonds is 7. The SMILES string of the molecule is CC(=O)NC(CCCC#CC=CCl)CCCC#CC=C(Cl)Cl. The Kier molecular flexibility index (Phi) is 14.1. The van der Waals surface area contributed by atoms with Crippen LogP contribution in [0.4, 0.5) is 0 Å². The minimum absolute atomic E-state index is 0.0101. The van der Waals surface area contributed by atoms with Crippen molar-refractivity contribution < 1.29 is 4.79 Å². The van der Waals surface area contributed by atoms with Gasteiger partial charge in [-0.1, -0.05) is 58.5 Å². The summed E-state index contributed by atoms with van der Waals surface area (Å²) in [7, 11) is 0. The van der Waals surface area contributed by atoms with Crippen LogP contribution in [-0.4, -0.2) is 11.9 Å². The summed E-state index contributed by atoms with van der Waals surface area (Å²) < 4.78 is 0.161. The summed E-state index contributed by atoms with van der Waals surface area (Å²) >= 11 is 16.3. The minimum atomic E-state index is -0.0101. The lowest BCUT2D eigenvalue weighted by Gasteiger charge is -2.16. The first kappa shape index (κ1) is 20.9. The Labute approximate surface area is 148 Å². The smallest absolute Gasteiger partial charge is 0.217 e. The molecule has 0 aromatic carbocycles. The van der Waals surface area contributed by atoms with E-state index in [9.17, 15) is 4.79 Å². The molecule has 0 spiro atoms. The molecular formula is C17H20Cl3NO. The first-order valence-electron chi connectivity index (χ1n) is 7.06. The number of carbonyl (C=O) groups is 1. The molecule has 0 bridgehead atoms. The molecule has 0 aromatic rings. The Balaban J connectivity index is 4.07. The Bertz CT molecular complexity index is 499. The highest BCUT2D eigenvalue weighted by molar-refractivity contribution is 6.56. The van der Waals surface area contributed by atoms with Crippen LogP contribution in [0.25, 0.3) is 0 Å². The summed E-state index contributed by atoms with van der Waals surface area (Å²) in [6.07, 6.45) is 8.23. The second-order valence-corrected chi connectivity index (χ2v) is 5.81. The maximum atomic E-state index is 11.2. The van der Waals surface area contributed by atoms with E-state index in [1.54, 1.807) is 6.08 Å². The van der Waals surface area contributed by atoms with Gasteiger partial charge in [0.25, 0.3) is 0 Å². The van der Waals surface area contributed by atoms with E-state index in [4.69, 9.17) is 34.8 Å². The third-order valence-electron chi connectivity index (χ3n) is 2.65. The number of hydrogen-bond donors (Lipinski definition) is 1. The van der Waals surface area contributed by atoms with E-state index in [-0.39, 0.29) is 16.4 Å². The summed E-state index contributed by atoms with van der Waals surface area (Å²) in [4.78, 5) is 11.2. The van der Waals surface area contributed by atoms with Crippen molar-refractivity contribution >= 4 is 40.7 Å². The lowest BCUT2D eigenvalue weighted by atomic mass is 10.0. The Morgan fingerprint density at radius 1 is 1.14 bits per heavy atom. The first-order chi connectivity index (χ1) is 10.6. The number of amides is 1. The van der Waals surface area contributed by atoms with Gasteiger partial charge < -0.3 is 5.32 Å². The van der Waals surface area contributed by atoms with E-state index >= 15 is 0 Å². The zero-order chi connectivity index (χ0) is 16.6. The molecule has 0 heterocycles. The largest absolute Gasteiger partial charge is 0.354 e. The third kappa shape index (κ3) is 15.3. The monoisotopic (exact) mass is 359 g/mol. The second kappa shape index (κ2) is 14.9. The highest BCUT2D eigenvalue weighted by atomic mass is 35.5. The topological polar surface area (TPSA) is 29.1 Å². The van der Waals surface area contributed by atoms with Gasteiger partial charge in [-0.15, -0.1) is 0 Å². The molecule has 0 fully saturated rings. The zero-order valence-electron chi connectivity index (χ0n) is 12.6. The molecule has 0 radical (unpaired) electrons. The molecule has 22 heavy (non-hydrogen) atoms. The minimum Gasteiger partial charge on any atom is -0.354 e. The second-order valence-electron chi connectivity index (χ2n) is 4.55. The van der Waals surface area contributed by atoms with E-state index < -0.39 is 0 Å². The number of allylic oxidation sites excluding steroid dienone is 2. The van der Waals surface area contributed by atoms with Crippen LogP contribution in [-0.2, 0) is 4.79 Å². The van der Waals surface area contributed by atoms with Crippen molar-refractivity contribution in [2.45, 2.75) is 51.5 Å². The molecule has 2 nitrogen and oxygen atoms in total. The highest BCUT2D eigenvalue weighted by Crippen LogP contribution is 2.09. The van der Waals surface area contributed by atoms with Crippen LogP contribution in [0.2, 0.25) is 0 Å². The standard InChI is InChI=1S/C17H20Cl3NO/c1-15(22)21-16(11-7-3-2-6-10-14-18)12-8-4-5-9-13-17(19)20/h10,13-14,16H,3-4,7-8,11-12H2,1H3,(H,21,22). The van der Waals surface area contributed by atoms with E-state index in [0.29, 0.717) is 0 Å². The van der Waals surface area contributed by atoms with Gasteiger partial charge in [0.05, 0.1) is 0 Å². The van der Waals surface area contributed by atoms with Gasteiger partial charge >= 0.3 is 0 Å². The quantitative estimate of drug-likeness (QED) is 0.507. The first-order valence-corrected chi connectivity index (χ1v) is 8.25. The Morgan fingerprint density at radius 2 is 1.73 bits per heavy atom. The van der Waals surface area contributed by atoms with E-state index in [1.807, 2.05) is 0 Å². The van der Waals surface area contributed by atoms with Gasteiger partial charge in [0.1, 0.15) is 4.49 Å². The molecular weight excluding hydrogens is 341 g/mol.